The normalized spacial score (nSPS) is 15.6. The van der Waals surface area contributed by atoms with Crippen molar-refractivity contribution in [3.63, 3.8) is 0 Å². The molecular formula is C23H30N4O5S. The van der Waals surface area contributed by atoms with Crippen LogP contribution in [0.5, 0.6) is 0 Å². The van der Waals surface area contributed by atoms with E-state index in [1.54, 1.807) is 0 Å². The predicted octanol–water partition coefficient (Wildman–Crippen LogP) is 3.05. The van der Waals surface area contributed by atoms with Crippen molar-refractivity contribution < 1.29 is 18.1 Å². The fourth-order valence-corrected chi connectivity index (χ4v) is 5.27. The van der Waals surface area contributed by atoms with Crippen LogP contribution in [0.2, 0.25) is 0 Å². The van der Waals surface area contributed by atoms with E-state index in [1.165, 1.54) is 49.9 Å². The molecule has 0 spiro atoms. The lowest BCUT2D eigenvalue weighted by Gasteiger charge is -2.28. The first-order valence-electron chi connectivity index (χ1n) is 11.0. The quantitative estimate of drug-likeness (QED) is 0.441. The number of non-ortho nitro benzene ring substituents is 1. The van der Waals surface area contributed by atoms with Gasteiger partial charge < -0.3 is 5.32 Å². The number of rotatable bonds is 9. The number of sulfonamides is 1. The molecule has 1 aliphatic rings. The molecule has 1 unspecified atom stereocenters. The monoisotopic (exact) mass is 474 g/mol. The fraction of sp³-hybridized carbons (Fsp3) is 0.435. The van der Waals surface area contributed by atoms with Crippen molar-refractivity contribution in [3.05, 3.63) is 69.8 Å². The molecule has 1 aliphatic heterocycles. The molecule has 3 rings (SSSR count). The highest BCUT2D eigenvalue weighted by atomic mass is 32.2. The maximum absolute atomic E-state index is 12.8. The van der Waals surface area contributed by atoms with Crippen LogP contribution in [-0.2, 0) is 27.9 Å². The minimum atomic E-state index is -3.87. The summed E-state index contributed by atoms with van der Waals surface area (Å²) in [7, 11) is -3.87. The summed E-state index contributed by atoms with van der Waals surface area (Å²) in [6.45, 7) is 4.77. The molecule has 2 aromatic carbocycles. The number of likely N-dealkylation sites (tertiary alicyclic amines) is 1. The number of carbonyl (C=O) groups excluding carboxylic acids is 1. The van der Waals surface area contributed by atoms with Crippen LogP contribution in [0.3, 0.4) is 0 Å². The van der Waals surface area contributed by atoms with Gasteiger partial charge in [-0.15, -0.1) is 0 Å². The maximum Gasteiger partial charge on any atom is 0.271 e. The fourth-order valence-electron chi connectivity index (χ4n) is 4.10. The van der Waals surface area contributed by atoms with Crippen LogP contribution in [0.4, 0.5) is 11.4 Å². The molecule has 0 aliphatic carbocycles. The summed E-state index contributed by atoms with van der Waals surface area (Å²) in [6, 6.07) is 12.1. The minimum Gasteiger partial charge on any atom is -0.350 e. The Balaban J connectivity index is 1.69. The second-order valence-corrected chi connectivity index (χ2v) is 10.2. The zero-order chi connectivity index (χ0) is 24.0. The number of hydrogen-bond donors (Lipinski definition) is 1. The molecule has 1 amide bonds. The van der Waals surface area contributed by atoms with Crippen molar-refractivity contribution in [1.82, 2.24) is 10.2 Å². The average molecular weight is 475 g/mol. The molecule has 10 heteroatoms. The molecule has 1 saturated heterocycles. The molecule has 178 valence electrons. The molecule has 0 radical (unpaired) electrons. The average Bonchev–Trinajstić information content (AvgIpc) is 2.77. The van der Waals surface area contributed by atoms with E-state index < -0.39 is 26.9 Å². The van der Waals surface area contributed by atoms with Crippen LogP contribution >= 0.6 is 0 Å². The molecule has 1 fully saturated rings. The molecule has 1 N–H and O–H groups in total. The number of anilines is 1. The van der Waals surface area contributed by atoms with E-state index in [0.29, 0.717) is 0 Å². The Morgan fingerprint density at radius 3 is 2.45 bits per heavy atom. The van der Waals surface area contributed by atoms with Gasteiger partial charge in [0.15, 0.2) is 0 Å². The highest BCUT2D eigenvalue weighted by molar-refractivity contribution is 7.92. The van der Waals surface area contributed by atoms with Crippen molar-refractivity contribution in [2.24, 2.45) is 0 Å². The summed E-state index contributed by atoms with van der Waals surface area (Å²) in [5.41, 5.74) is 1.91. The van der Waals surface area contributed by atoms with E-state index >= 15 is 0 Å². The third-order valence-corrected chi connectivity index (χ3v) is 6.94. The molecule has 1 atom stereocenters. The number of carbonyl (C=O) groups is 1. The van der Waals surface area contributed by atoms with Gasteiger partial charge in [-0.05, 0) is 50.0 Å². The van der Waals surface area contributed by atoms with Gasteiger partial charge in [0, 0.05) is 25.2 Å². The smallest absolute Gasteiger partial charge is 0.271 e. The van der Waals surface area contributed by atoms with Crippen molar-refractivity contribution in [3.8, 4) is 0 Å². The number of nitro benzene ring substituents is 1. The van der Waals surface area contributed by atoms with Gasteiger partial charge in [0.05, 0.1) is 16.9 Å². The summed E-state index contributed by atoms with van der Waals surface area (Å²) < 4.78 is 25.8. The van der Waals surface area contributed by atoms with Gasteiger partial charge in [-0.3, -0.25) is 24.1 Å². The third kappa shape index (κ3) is 6.75. The van der Waals surface area contributed by atoms with Crippen molar-refractivity contribution >= 4 is 27.3 Å². The number of hydrogen-bond acceptors (Lipinski definition) is 6. The van der Waals surface area contributed by atoms with Gasteiger partial charge >= 0.3 is 0 Å². The Morgan fingerprint density at radius 2 is 1.79 bits per heavy atom. The molecule has 2 aromatic rings. The van der Waals surface area contributed by atoms with Crippen LogP contribution in [0.15, 0.2) is 48.5 Å². The number of piperidine rings is 1. The summed E-state index contributed by atoms with van der Waals surface area (Å²) >= 11 is 0. The number of amides is 1. The highest BCUT2D eigenvalue weighted by Crippen LogP contribution is 2.25. The SMILES string of the molecule is CC(C(=O)NCc1cccc(CN2CCCCC2)c1)N(c1cccc([N+](=O)[O-])c1)S(C)(=O)=O. The minimum absolute atomic E-state index is 0.0675. The standard InChI is InChI=1S/C23H30N4O5S/c1-18(26(33(2,31)32)21-10-7-11-22(15-21)27(29)30)23(28)24-16-19-8-6-9-20(14-19)17-25-12-4-3-5-13-25/h6-11,14-15,18H,3-5,12-13,16-17H2,1-2H3,(H,24,28). The number of nitro groups is 1. The van der Waals surface area contributed by atoms with Crippen molar-refractivity contribution in [2.75, 3.05) is 23.7 Å². The maximum atomic E-state index is 12.8. The van der Waals surface area contributed by atoms with Crippen molar-refractivity contribution in [2.45, 2.75) is 45.3 Å². The molecule has 0 bridgehead atoms. The van der Waals surface area contributed by atoms with E-state index in [0.717, 1.165) is 41.8 Å². The first-order valence-corrected chi connectivity index (χ1v) is 12.8. The Morgan fingerprint density at radius 1 is 1.12 bits per heavy atom. The van der Waals surface area contributed by atoms with E-state index in [1.807, 2.05) is 12.1 Å². The summed E-state index contributed by atoms with van der Waals surface area (Å²) in [6.07, 6.45) is 4.69. The Kier molecular flexibility index (Phi) is 8.04. The second kappa shape index (κ2) is 10.8. The van der Waals surface area contributed by atoms with Gasteiger partial charge in [-0.1, -0.05) is 36.8 Å². The Hall–Kier alpha value is -2.98. The third-order valence-electron chi connectivity index (χ3n) is 5.70. The Bertz CT molecular complexity index is 1100. The topological polar surface area (TPSA) is 113 Å². The van der Waals surface area contributed by atoms with Gasteiger partial charge in [0.2, 0.25) is 15.9 Å². The molecule has 33 heavy (non-hydrogen) atoms. The van der Waals surface area contributed by atoms with Crippen molar-refractivity contribution in [1.29, 1.82) is 0 Å². The molecule has 0 saturated carbocycles. The van der Waals surface area contributed by atoms with E-state index in [2.05, 4.69) is 22.3 Å². The van der Waals surface area contributed by atoms with E-state index in [4.69, 9.17) is 0 Å². The lowest BCUT2D eigenvalue weighted by atomic mass is 10.1. The van der Waals surface area contributed by atoms with E-state index in [-0.39, 0.29) is 17.9 Å². The molecule has 1 heterocycles. The Labute approximate surface area is 194 Å². The number of nitrogens with zero attached hydrogens (tertiary/aromatic N) is 3. The van der Waals surface area contributed by atoms with Gasteiger partial charge in [-0.25, -0.2) is 8.42 Å². The van der Waals surface area contributed by atoms with Crippen LogP contribution in [0.1, 0.15) is 37.3 Å². The first-order chi connectivity index (χ1) is 15.6. The molecular weight excluding hydrogens is 444 g/mol. The summed E-state index contributed by atoms with van der Waals surface area (Å²) in [5, 5.41) is 13.9. The zero-order valence-electron chi connectivity index (χ0n) is 18.9. The predicted molar refractivity (Wildman–Crippen MR) is 127 cm³/mol. The highest BCUT2D eigenvalue weighted by Gasteiger charge is 2.30. The zero-order valence-corrected chi connectivity index (χ0v) is 19.8. The first kappa shape index (κ1) is 24.7. The lowest BCUT2D eigenvalue weighted by molar-refractivity contribution is -0.384. The van der Waals surface area contributed by atoms with Crippen LogP contribution in [0.25, 0.3) is 0 Å². The lowest BCUT2D eigenvalue weighted by Crippen LogP contribution is -2.47. The molecule has 9 nitrogen and oxygen atoms in total. The van der Waals surface area contributed by atoms with Crippen LogP contribution in [-0.4, -0.2) is 49.5 Å². The van der Waals surface area contributed by atoms with Gasteiger partial charge in [0.25, 0.3) is 5.69 Å². The van der Waals surface area contributed by atoms with Gasteiger partial charge in [-0.2, -0.15) is 0 Å². The second-order valence-electron chi connectivity index (χ2n) is 8.39. The van der Waals surface area contributed by atoms with Crippen LogP contribution in [0, 0.1) is 10.1 Å². The number of nitrogens with one attached hydrogen (secondary N) is 1. The number of benzene rings is 2. The van der Waals surface area contributed by atoms with E-state index in [9.17, 15) is 23.3 Å². The molecule has 0 aromatic heterocycles. The largest absolute Gasteiger partial charge is 0.350 e. The summed E-state index contributed by atoms with van der Waals surface area (Å²) in [5.74, 6) is -0.492. The van der Waals surface area contributed by atoms with Crippen LogP contribution < -0.4 is 9.62 Å². The summed E-state index contributed by atoms with van der Waals surface area (Å²) in [4.78, 5) is 25.8. The van der Waals surface area contributed by atoms with Gasteiger partial charge in [0.1, 0.15) is 6.04 Å².